The van der Waals surface area contributed by atoms with Crippen molar-refractivity contribution in [3.8, 4) is 34.3 Å². The highest BCUT2D eigenvalue weighted by atomic mass is 32.3. The summed E-state index contributed by atoms with van der Waals surface area (Å²) in [5, 5.41) is 2.32. The zero-order valence-electron chi connectivity index (χ0n) is 16.2. The number of hydrogen-bond acceptors (Lipinski definition) is 7. The average Bonchev–Trinajstić information content (AvgIpc) is 3.17. The zero-order chi connectivity index (χ0) is 21.5. The van der Waals surface area contributed by atoms with Gasteiger partial charge in [-0.25, -0.2) is 8.42 Å². The molecule has 0 fully saturated rings. The normalized spacial score (nSPS) is 13.7. The molecule has 3 aromatic rings. The fourth-order valence-corrected chi connectivity index (χ4v) is 3.77. The molecule has 0 bridgehead atoms. The van der Waals surface area contributed by atoms with Crippen LogP contribution in [0.2, 0.25) is 0 Å². The van der Waals surface area contributed by atoms with Crippen LogP contribution in [0, 0.1) is 0 Å². The lowest BCUT2D eigenvalue weighted by Crippen LogP contribution is -2.40. The molecule has 30 heavy (non-hydrogen) atoms. The van der Waals surface area contributed by atoms with Crippen molar-refractivity contribution in [2.75, 3.05) is 21.0 Å². The summed E-state index contributed by atoms with van der Waals surface area (Å²) in [6.45, 7) is 1.16. The Kier molecular flexibility index (Phi) is 5.14. The fraction of sp³-hybridized carbons (Fsp3) is 0.250. The van der Waals surface area contributed by atoms with Gasteiger partial charge in [-0.2, -0.15) is 4.57 Å². The minimum Gasteiger partial charge on any atom is -0.726 e. The summed E-state index contributed by atoms with van der Waals surface area (Å²) in [5.41, 5.74) is 3.46. The van der Waals surface area contributed by atoms with Crippen LogP contribution in [-0.4, -0.2) is 38.5 Å². The van der Waals surface area contributed by atoms with Crippen molar-refractivity contribution in [2.45, 2.75) is 13.0 Å². The van der Waals surface area contributed by atoms with Crippen LogP contribution in [0.15, 0.2) is 36.5 Å². The summed E-state index contributed by atoms with van der Waals surface area (Å²) in [6.07, 6.45) is 3.11. The number of pyridine rings is 1. The third kappa shape index (κ3) is 3.84. The standard InChI is InChI=1S/C20H18NO4.H2O4S/c1-22-15-4-3-12-8-16-18-13(5-6-21(16)10-14(12)7-15)9-17-19(20(18)23-2)25-11-24-17;1-5(2,3)4/h3-4,7-10H,5-6,11H2,1-2H3;(H2,1,2,3,4)/q+1;/p-1. The summed E-state index contributed by atoms with van der Waals surface area (Å²) >= 11 is 0. The summed E-state index contributed by atoms with van der Waals surface area (Å²) in [4.78, 5) is 0. The number of ether oxygens (including phenoxy) is 4. The van der Waals surface area contributed by atoms with Gasteiger partial charge in [0.15, 0.2) is 24.2 Å². The Labute approximate surface area is 173 Å². The van der Waals surface area contributed by atoms with E-state index in [-0.39, 0.29) is 6.79 Å². The van der Waals surface area contributed by atoms with Gasteiger partial charge in [0.25, 0.3) is 0 Å². The van der Waals surface area contributed by atoms with Gasteiger partial charge in [0.1, 0.15) is 5.75 Å². The van der Waals surface area contributed by atoms with Crippen LogP contribution >= 0.6 is 0 Å². The highest BCUT2D eigenvalue weighted by Crippen LogP contribution is 2.49. The molecule has 9 nitrogen and oxygen atoms in total. The monoisotopic (exact) mass is 433 g/mol. The Hall–Kier alpha value is -3.08. The number of rotatable bonds is 2. The third-order valence-electron chi connectivity index (χ3n) is 4.97. The van der Waals surface area contributed by atoms with Gasteiger partial charge in [-0.15, -0.1) is 0 Å². The van der Waals surface area contributed by atoms with Crippen LogP contribution in [0.4, 0.5) is 0 Å². The van der Waals surface area contributed by atoms with E-state index in [1.54, 1.807) is 14.2 Å². The first-order chi connectivity index (χ1) is 14.3. The van der Waals surface area contributed by atoms with Gasteiger partial charge in [-0.1, -0.05) is 6.07 Å². The van der Waals surface area contributed by atoms with E-state index in [0.717, 1.165) is 46.9 Å². The van der Waals surface area contributed by atoms with Crippen LogP contribution in [0.5, 0.6) is 23.0 Å². The maximum atomic E-state index is 8.63. The maximum absolute atomic E-state index is 8.63. The third-order valence-corrected chi connectivity index (χ3v) is 4.97. The van der Waals surface area contributed by atoms with E-state index < -0.39 is 10.4 Å². The highest BCUT2D eigenvalue weighted by Gasteiger charge is 2.33. The van der Waals surface area contributed by atoms with Crippen molar-refractivity contribution in [3.05, 3.63) is 42.1 Å². The largest absolute Gasteiger partial charge is 0.726 e. The Morgan fingerprint density at radius 3 is 2.57 bits per heavy atom. The zero-order valence-corrected chi connectivity index (χ0v) is 17.1. The second-order valence-electron chi connectivity index (χ2n) is 6.70. The van der Waals surface area contributed by atoms with Crippen LogP contribution < -0.4 is 23.5 Å². The van der Waals surface area contributed by atoms with Crippen molar-refractivity contribution in [1.82, 2.24) is 0 Å². The Morgan fingerprint density at radius 2 is 1.87 bits per heavy atom. The fourth-order valence-electron chi connectivity index (χ4n) is 3.77. The molecule has 0 saturated heterocycles. The molecule has 0 aliphatic carbocycles. The van der Waals surface area contributed by atoms with E-state index in [2.05, 4.69) is 35.0 Å². The second-order valence-corrected chi connectivity index (χ2v) is 7.56. The number of nitrogens with zero attached hydrogens (tertiary/aromatic N) is 1. The van der Waals surface area contributed by atoms with E-state index in [1.165, 1.54) is 10.9 Å². The molecule has 158 valence electrons. The molecular formula is C20H19NO8S. The first-order valence-corrected chi connectivity index (χ1v) is 10.3. The number of hydrogen-bond donors (Lipinski definition) is 1. The lowest BCUT2D eigenvalue weighted by atomic mass is 9.94. The molecule has 0 unspecified atom stereocenters. The molecule has 2 aromatic carbocycles. The van der Waals surface area contributed by atoms with E-state index in [4.69, 9.17) is 36.5 Å². The summed E-state index contributed by atoms with van der Waals surface area (Å²) in [5.74, 6) is 3.09. The lowest BCUT2D eigenvalue weighted by molar-refractivity contribution is -0.686. The SMILES string of the molecule is COc1ccc2cc3[n+](cc2c1)CCc1cc2c(c(OC)c1-3)OCO2.O=S(=O)([O-])O. The lowest BCUT2D eigenvalue weighted by Gasteiger charge is -2.19. The number of aryl methyl sites for hydroxylation is 2. The van der Waals surface area contributed by atoms with Gasteiger partial charge >= 0.3 is 0 Å². The molecule has 1 aromatic heterocycles. The van der Waals surface area contributed by atoms with Crippen LogP contribution in [-0.2, 0) is 23.4 Å². The Balaban J connectivity index is 0.000000393. The van der Waals surface area contributed by atoms with Crippen molar-refractivity contribution in [3.63, 3.8) is 0 Å². The molecule has 1 N–H and O–H groups in total. The Morgan fingerprint density at radius 1 is 1.10 bits per heavy atom. The summed E-state index contributed by atoms with van der Waals surface area (Å²) in [7, 11) is -1.54. The predicted molar refractivity (Wildman–Crippen MR) is 105 cm³/mol. The van der Waals surface area contributed by atoms with Gasteiger partial charge < -0.3 is 23.5 Å². The van der Waals surface area contributed by atoms with Gasteiger partial charge in [0.2, 0.25) is 28.6 Å². The molecular weight excluding hydrogens is 414 g/mol. The molecule has 0 atom stereocenters. The predicted octanol–water partition coefficient (Wildman–Crippen LogP) is 2.10. The van der Waals surface area contributed by atoms with Crippen molar-refractivity contribution in [2.24, 2.45) is 0 Å². The van der Waals surface area contributed by atoms with Gasteiger partial charge in [-0.3, -0.25) is 4.55 Å². The first kappa shape index (κ1) is 20.2. The van der Waals surface area contributed by atoms with Gasteiger partial charge in [-0.05, 0) is 29.1 Å². The van der Waals surface area contributed by atoms with Crippen LogP contribution in [0.3, 0.4) is 0 Å². The number of fused-ring (bicyclic) bond motifs is 5. The van der Waals surface area contributed by atoms with E-state index >= 15 is 0 Å². The van der Waals surface area contributed by atoms with Crippen molar-refractivity contribution in [1.29, 1.82) is 0 Å². The topological polar surface area (TPSA) is 118 Å². The van der Waals surface area contributed by atoms with E-state index in [0.29, 0.717) is 5.75 Å². The smallest absolute Gasteiger partial charge is 0.231 e. The highest BCUT2D eigenvalue weighted by molar-refractivity contribution is 7.79. The quantitative estimate of drug-likeness (QED) is 0.371. The number of benzene rings is 2. The molecule has 5 rings (SSSR count). The minimum atomic E-state index is -4.92. The molecule has 10 heteroatoms. The Bertz CT molecular complexity index is 1230. The van der Waals surface area contributed by atoms with Gasteiger partial charge in [0.05, 0.1) is 19.8 Å². The number of aromatic nitrogens is 1. The van der Waals surface area contributed by atoms with Gasteiger partial charge in [0, 0.05) is 17.9 Å². The van der Waals surface area contributed by atoms with Crippen molar-refractivity contribution < 1.29 is 41.0 Å². The molecule has 0 radical (unpaired) electrons. The maximum Gasteiger partial charge on any atom is 0.231 e. The molecule has 0 spiro atoms. The van der Waals surface area contributed by atoms with Crippen LogP contribution in [0.1, 0.15) is 5.56 Å². The van der Waals surface area contributed by atoms with Crippen LogP contribution in [0.25, 0.3) is 22.0 Å². The number of methoxy groups -OCH3 is 2. The van der Waals surface area contributed by atoms with E-state index in [9.17, 15) is 0 Å². The summed E-state index contributed by atoms with van der Waals surface area (Å²) in [6, 6.07) is 10.4. The summed E-state index contributed by atoms with van der Waals surface area (Å²) < 4.78 is 57.4. The first-order valence-electron chi connectivity index (χ1n) is 8.98. The van der Waals surface area contributed by atoms with Crippen molar-refractivity contribution >= 4 is 21.2 Å². The molecule has 2 aliphatic rings. The molecule has 0 saturated carbocycles. The second kappa shape index (κ2) is 7.63. The average molecular weight is 433 g/mol. The molecule has 2 aliphatic heterocycles. The molecule has 3 heterocycles. The molecule has 0 amide bonds. The van der Waals surface area contributed by atoms with E-state index in [1.807, 2.05) is 6.07 Å². The minimum absolute atomic E-state index is 0.242.